The minimum Gasteiger partial charge on any atom is -0.396 e. The van der Waals surface area contributed by atoms with E-state index in [4.69, 9.17) is 5.73 Å². The zero-order chi connectivity index (χ0) is 21.7. The number of aromatic nitrogens is 2. The van der Waals surface area contributed by atoms with Gasteiger partial charge in [0.05, 0.1) is 28.2 Å². The van der Waals surface area contributed by atoms with E-state index in [-0.39, 0.29) is 17.2 Å². The van der Waals surface area contributed by atoms with Crippen LogP contribution in [0.2, 0.25) is 0 Å². The average molecular weight is 432 g/mol. The van der Waals surface area contributed by atoms with Gasteiger partial charge in [0, 0.05) is 35.8 Å². The third-order valence-corrected chi connectivity index (χ3v) is 4.95. The smallest absolute Gasteiger partial charge is 0.396 e. The zero-order valence-electron chi connectivity index (χ0n) is 16.0. The molecule has 0 aliphatic carbocycles. The van der Waals surface area contributed by atoms with Crippen molar-refractivity contribution in [2.24, 2.45) is 0 Å². The maximum atomic E-state index is 12.9. The lowest BCUT2D eigenvalue weighted by Crippen LogP contribution is -2.27. The molecule has 0 saturated carbocycles. The fourth-order valence-electron chi connectivity index (χ4n) is 2.81. The molecule has 0 bridgehead atoms. The molecule has 0 fully saturated rings. The summed E-state index contributed by atoms with van der Waals surface area (Å²) in [5.74, 6) is 0.361. The molecular formula is C21H19F3N4OS. The number of nitrogens with two attached hydrogens (primary N) is 1. The molecule has 3 aromatic rings. The topological polar surface area (TPSA) is 80.9 Å². The number of amides is 1. The number of rotatable bonds is 6. The van der Waals surface area contributed by atoms with Crippen LogP contribution in [0.1, 0.15) is 15.9 Å². The summed E-state index contributed by atoms with van der Waals surface area (Å²) in [6.45, 7) is 0.458. The lowest BCUT2D eigenvalue weighted by atomic mass is 10.0. The highest BCUT2D eigenvalue weighted by Gasteiger charge is 2.30. The predicted molar refractivity (Wildman–Crippen MR) is 113 cm³/mol. The fraction of sp³-hybridized carbons (Fsp3) is 0.190. The SMILES string of the molecule is CSCCNC(=O)c1cc(-c2ccc(C(F)(F)F)cc2)nc(-c2cccnc2)c1N. The summed E-state index contributed by atoms with van der Waals surface area (Å²) in [6, 6.07) is 9.56. The van der Waals surface area contributed by atoms with E-state index in [0.717, 1.165) is 17.9 Å². The van der Waals surface area contributed by atoms with Gasteiger partial charge in [-0.15, -0.1) is 0 Å². The number of halogens is 3. The molecule has 0 aliphatic rings. The van der Waals surface area contributed by atoms with Crippen molar-refractivity contribution < 1.29 is 18.0 Å². The van der Waals surface area contributed by atoms with Crippen LogP contribution < -0.4 is 11.1 Å². The summed E-state index contributed by atoms with van der Waals surface area (Å²) in [4.78, 5) is 21.3. The minimum atomic E-state index is -4.43. The van der Waals surface area contributed by atoms with Crippen LogP contribution in [0.15, 0.2) is 54.9 Å². The number of thioether (sulfide) groups is 1. The molecule has 1 aromatic carbocycles. The zero-order valence-corrected chi connectivity index (χ0v) is 16.8. The highest BCUT2D eigenvalue weighted by Crippen LogP contribution is 2.33. The number of carbonyl (C=O) groups excluding carboxylic acids is 1. The van der Waals surface area contributed by atoms with Gasteiger partial charge in [-0.3, -0.25) is 9.78 Å². The molecule has 3 rings (SSSR count). The quantitative estimate of drug-likeness (QED) is 0.561. The molecule has 30 heavy (non-hydrogen) atoms. The van der Waals surface area contributed by atoms with Crippen LogP contribution >= 0.6 is 11.8 Å². The van der Waals surface area contributed by atoms with Crippen molar-refractivity contribution in [3.8, 4) is 22.5 Å². The Morgan fingerprint density at radius 1 is 1.17 bits per heavy atom. The fourth-order valence-corrected chi connectivity index (χ4v) is 3.11. The van der Waals surface area contributed by atoms with Crippen molar-refractivity contribution in [2.75, 3.05) is 24.3 Å². The molecule has 1 amide bonds. The van der Waals surface area contributed by atoms with Crippen molar-refractivity contribution in [3.05, 3.63) is 66.0 Å². The summed E-state index contributed by atoms with van der Waals surface area (Å²) < 4.78 is 38.7. The number of nitrogen functional groups attached to an aromatic ring is 1. The van der Waals surface area contributed by atoms with Crippen molar-refractivity contribution >= 4 is 23.4 Å². The minimum absolute atomic E-state index is 0.181. The number of pyridine rings is 2. The van der Waals surface area contributed by atoms with E-state index in [2.05, 4.69) is 15.3 Å². The summed E-state index contributed by atoms with van der Waals surface area (Å²) >= 11 is 1.59. The number of alkyl halides is 3. The lowest BCUT2D eigenvalue weighted by Gasteiger charge is -2.14. The maximum absolute atomic E-state index is 12.9. The Morgan fingerprint density at radius 2 is 1.90 bits per heavy atom. The third-order valence-electron chi connectivity index (χ3n) is 4.34. The van der Waals surface area contributed by atoms with Crippen LogP contribution in [-0.2, 0) is 6.18 Å². The van der Waals surface area contributed by atoms with Crippen LogP contribution in [0, 0.1) is 0 Å². The molecule has 3 N–H and O–H groups in total. The van der Waals surface area contributed by atoms with E-state index in [1.165, 1.54) is 18.2 Å². The van der Waals surface area contributed by atoms with E-state index in [9.17, 15) is 18.0 Å². The van der Waals surface area contributed by atoms with Gasteiger partial charge in [0.25, 0.3) is 5.91 Å². The Morgan fingerprint density at radius 3 is 2.50 bits per heavy atom. The van der Waals surface area contributed by atoms with Crippen LogP contribution in [0.4, 0.5) is 18.9 Å². The van der Waals surface area contributed by atoms with Crippen molar-refractivity contribution in [3.63, 3.8) is 0 Å². The largest absolute Gasteiger partial charge is 0.416 e. The van der Waals surface area contributed by atoms with Gasteiger partial charge < -0.3 is 11.1 Å². The van der Waals surface area contributed by atoms with E-state index in [1.807, 2.05) is 6.26 Å². The van der Waals surface area contributed by atoms with Gasteiger partial charge in [0.2, 0.25) is 0 Å². The highest BCUT2D eigenvalue weighted by atomic mass is 32.2. The normalized spacial score (nSPS) is 11.3. The molecule has 0 spiro atoms. The third kappa shape index (κ3) is 4.91. The molecule has 9 heteroatoms. The van der Waals surface area contributed by atoms with Crippen LogP contribution in [0.3, 0.4) is 0 Å². The first-order valence-corrected chi connectivity index (χ1v) is 10.4. The van der Waals surface area contributed by atoms with Crippen LogP contribution in [-0.4, -0.2) is 34.4 Å². The number of carbonyl (C=O) groups is 1. The number of benzene rings is 1. The maximum Gasteiger partial charge on any atom is 0.416 e. The summed E-state index contributed by atoms with van der Waals surface area (Å²) in [5.41, 5.74) is 7.59. The molecule has 0 radical (unpaired) electrons. The molecule has 0 aliphatic heterocycles. The Hall–Kier alpha value is -3.07. The average Bonchev–Trinajstić information content (AvgIpc) is 2.74. The predicted octanol–water partition coefficient (Wildman–Crippen LogP) is 4.50. The van der Waals surface area contributed by atoms with E-state index < -0.39 is 11.7 Å². The van der Waals surface area contributed by atoms with Gasteiger partial charge in [-0.1, -0.05) is 12.1 Å². The second kappa shape index (κ2) is 9.17. The van der Waals surface area contributed by atoms with Gasteiger partial charge in [0.15, 0.2) is 0 Å². The number of anilines is 1. The Kier molecular flexibility index (Phi) is 6.61. The first-order chi connectivity index (χ1) is 14.3. The molecule has 0 unspecified atom stereocenters. The second-order valence-electron chi connectivity index (χ2n) is 6.38. The first-order valence-electron chi connectivity index (χ1n) is 8.97. The van der Waals surface area contributed by atoms with Gasteiger partial charge in [-0.05, 0) is 36.6 Å². The molecular weight excluding hydrogens is 413 g/mol. The van der Waals surface area contributed by atoms with Gasteiger partial charge in [-0.2, -0.15) is 24.9 Å². The van der Waals surface area contributed by atoms with E-state index in [1.54, 1.807) is 36.3 Å². The van der Waals surface area contributed by atoms with Crippen molar-refractivity contribution in [1.82, 2.24) is 15.3 Å². The number of nitrogens with one attached hydrogen (secondary N) is 1. The van der Waals surface area contributed by atoms with Gasteiger partial charge in [-0.25, -0.2) is 4.98 Å². The molecule has 2 heterocycles. The molecule has 156 valence electrons. The van der Waals surface area contributed by atoms with Crippen molar-refractivity contribution in [2.45, 2.75) is 6.18 Å². The van der Waals surface area contributed by atoms with E-state index in [0.29, 0.717) is 29.1 Å². The molecule has 0 atom stereocenters. The molecule has 2 aromatic heterocycles. The van der Waals surface area contributed by atoms with Gasteiger partial charge >= 0.3 is 6.18 Å². The monoisotopic (exact) mass is 432 g/mol. The Labute approximate surface area is 175 Å². The summed E-state index contributed by atoms with van der Waals surface area (Å²) in [6.07, 6.45) is 0.645. The summed E-state index contributed by atoms with van der Waals surface area (Å²) in [5, 5.41) is 2.80. The number of hydrogen-bond acceptors (Lipinski definition) is 5. The Bertz CT molecular complexity index is 1020. The standard InChI is InChI=1S/C21H19F3N4OS/c1-30-10-9-27-20(29)16-11-17(13-4-6-15(7-5-13)21(22,23)24)28-19(18(16)25)14-3-2-8-26-12-14/h2-8,11-12H,9-10,25H2,1H3,(H,27,29). The molecule has 5 nitrogen and oxygen atoms in total. The lowest BCUT2D eigenvalue weighted by molar-refractivity contribution is -0.137. The second-order valence-corrected chi connectivity index (χ2v) is 7.37. The van der Waals surface area contributed by atoms with Crippen LogP contribution in [0.5, 0.6) is 0 Å². The number of hydrogen-bond donors (Lipinski definition) is 2. The van der Waals surface area contributed by atoms with E-state index >= 15 is 0 Å². The summed E-state index contributed by atoms with van der Waals surface area (Å²) in [7, 11) is 0. The Balaban J connectivity index is 2.08. The van der Waals surface area contributed by atoms with Crippen molar-refractivity contribution in [1.29, 1.82) is 0 Å². The van der Waals surface area contributed by atoms with Gasteiger partial charge in [0.1, 0.15) is 0 Å². The number of nitrogens with zero attached hydrogens (tertiary/aromatic N) is 2. The highest BCUT2D eigenvalue weighted by molar-refractivity contribution is 7.98. The van der Waals surface area contributed by atoms with Crippen LogP contribution in [0.25, 0.3) is 22.5 Å². The molecule has 0 saturated heterocycles. The first kappa shape index (κ1) is 21.6.